The Balaban J connectivity index is 1.77. The number of piperazine rings is 1. The first kappa shape index (κ1) is 12.8. The van der Waals surface area contributed by atoms with Crippen LogP contribution in [0, 0.1) is 5.92 Å². The Labute approximate surface area is 104 Å². The maximum atomic E-state index is 12.3. The normalized spacial score (nSPS) is 24.6. The third-order valence-electron chi connectivity index (χ3n) is 3.83. The highest BCUT2D eigenvalue weighted by Gasteiger charge is 2.24. The van der Waals surface area contributed by atoms with Crippen LogP contribution < -0.4 is 5.32 Å². The van der Waals surface area contributed by atoms with Crippen molar-refractivity contribution in [3.8, 4) is 0 Å². The highest BCUT2D eigenvalue weighted by atomic mass is 16.2. The van der Waals surface area contributed by atoms with Gasteiger partial charge in [-0.05, 0) is 19.3 Å². The topological polar surface area (TPSA) is 35.6 Å². The second-order valence-corrected chi connectivity index (χ2v) is 5.34. The van der Waals surface area contributed by atoms with E-state index in [2.05, 4.69) is 22.0 Å². The van der Waals surface area contributed by atoms with Crippen molar-refractivity contribution >= 4 is 5.91 Å². The number of piperidine rings is 1. The van der Waals surface area contributed by atoms with Crippen molar-refractivity contribution < 1.29 is 4.79 Å². The lowest BCUT2D eigenvalue weighted by Crippen LogP contribution is -2.48. The van der Waals surface area contributed by atoms with Crippen LogP contribution in [0.25, 0.3) is 0 Å². The van der Waals surface area contributed by atoms with E-state index in [0.717, 1.165) is 45.8 Å². The molecular formula is C13H25N3O. The van der Waals surface area contributed by atoms with Crippen molar-refractivity contribution in [3.63, 3.8) is 0 Å². The molecule has 2 aliphatic heterocycles. The Morgan fingerprint density at radius 2 is 1.76 bits per heavy atom. The van der Waals surface area contributed by atoms with Gasteiger partial charge in [-0.3, -0.25) is 4.79 Å². The fourth-order valence-corrected chi connectivity index (χ4v) is 2.79. The molecule has 0 aliphatic carbocycles. The average Bonchev–Trinajstić information content (AvgIpc) is 2.40. The number of rotatable bonds is 3. The van der Waals surface area contributed by atoms with Gasteiger partial charge >= 0.3 is 0 Å². The Morgan fingerprint density at radius 3 is 2.41 bits per heavy atom. The van der Waals surface area contributed by atoms with E-state index < -0.39 is 0 Å². The van der Waals surface area contributed by atoms with E-state index in [-0.39, 0.29) is 5.92 Å². The average molecular weight is 239 g/mol. The molecule has 0 spiro atoms. The van der Waals surface area contributed by atoms with E-state index in [9.17, 15) is 4.79 Å². The molecule has 2 fully saturated rings. The van der Waals surface area contributed by atoms with Gasteiger partial charge in [-0.2, -0.15) is 0 Å². The van der Waals surface area contributed by atoms with Crippen molar-refractivity contribution in [2.24, 2.45) is 5.92 Å². The molecule has 0 radical (unpaired) electrons. The summed E-state index contributed by atoms with van der Waals surface area (Å²) in [6, 6.07) is 0. The van der Waals surface area contributed by atoms with Gasteiger partial charge in [0.1, 0.15) is 0 Å². The van der Waals surface area contributed by atoms with Crippen LogP contribution in [0.3, 0.4) is 0 Å². The molecule has 0 aromatic carbocycles. The zero-order valence-corrected chi connectivity index (χ0v) is 11.0. The standard InChI is InChI=1S/C13H25N3O/c1-12(11-15-9-5-14-6-10-15)13(17)16-7-3-2-4-8-16/h12,14H,2-11H2,1H3. The van der Waals surface area contributed by atoms with Gasteiger partial charge in [-0.15, -0.1) is 0 Å². The lowest BCUT2D eigenvalue weighted by molar-refractivity contribution is -0.136. The number of nitrogens with zero attached hydrogens (tertiary/aromatic N) is 2. The van der Waals surface area contributed by atoms with Gasteiger partial charge in [0.15, 0.2) is 0 Å². The first-order valence-electron chi connectivity index (χ1n) is 6.99. The molecule has 2 aliphatic rings. The minimum atomic E-state index is 0.159. The largest absolute Gasteiger partial charge is 0.342 e. The van der Waals surface area contributed by atoms with Gasteiger partial charge in [0, 0.05) is 51.7 Å². The molecular weight excluding hydrogens is 214 g/mol. The minimum Gasteiger partial charge on any atom is -0.342 e. The van der Waals surface area contributed by atoms with Crippen molar-refractivity contribution in [3.05, 3.63) is 0 Å². The van der Waals surface area contributed by atoms with Crippen LogP contribution in [0.4, 0.5) is 0 Å². The van der Waals surface area contributed by atoms with Crippen LogP contribution in [0.1, 0.15) is 26.2 Å². The quantitative estimate of drug-likeness (QED) is 0.781. The summed E-state index contributed by atoms with van der Waals surface area (Å²) in [6.45, 7) is 9.25. The molecule has 1 N–H and O–H groups in total. The Kier molecular flexibility index (Phi) is 4.80. The van der Waals surface area contributed by atoms with Gasteiger partial charge in [-0.1, -0.05) is 6.92 Å². The zero-order valence-electron chi connectivity index (χ0n) is 11.0. The number of nitrogens with one attached hydrogen (secondary N) is 1. The van der Waals surface area contributed by atoms with Crippen molar-refractivity contribution in [1.82, 2.24) is 15.1 Å². The summed E-state index contributed by atoms with van der Waals surface area (Å²) in [6.07, 6.45) is 3.66. The number of carbonyl (C=O) groups is 1. The number of likely N-dealkylation sites (tertiary alicyclic amines) is 1. The van der Waals surface area contributed by atoms with Crippen LogP contribution in [0.15, 0.2) is 0 Å². The molecule has 0 aromatic rings. The molecule has 0 aromatic heterocycles. The van der Waals surface area contributed by atoms with Crippen molar-refractivity contribution in [1.29, 1.82) is 0 Å². The summed E-state index contributed by atoms with van der Waals surface area (Å²) < 4.78 is 0. The summed E-state index contributed by atoms with van der Waals surface area (Å²) in [5.74, 6) is 0.523. The minimum absolute atomic E-state index is 0.159. The van der Waals surface area contributed by atoms with Crippen LogP contribution >= 0.6 is 0 Å². The van der Waals surface area contributed by atoms with E-state index in [4.69, 9.17) is 0 Å². The maximum Gasteiger partial charge on any atom is 0.226 e. The monoisotopic (exact) mass is 239 g/mol. The first-order chi connectivity index (χ1) is 8.27. The molecule has 17 heavy (non-hydrogen) atoms. The molecule has 1 unspecified atom stereocenters. The molecule has 4 nitrogen and oxygen atoms in total. The number of hydrogen-bond acceptors (Lipinski definition) is 3. The highest BCUT2D eigenvalue weighted by molar-refractivity contribution is 5.78. The molecule has 2 heterocycles. The predicted molar refractivity (Wildman–Crippen MR) is 68.9 cm³/mol. The molecule has 2 rings (SSSR count). The van der Waals surface area contributed by atoms with Crippen LogP contribution in [0.2, 0.25) is 0 Å². The smallest absolute Gasteiger partial charge is 0.226 e. The van der Waals surface area contributed by atoms with Crippen LogP contribution in [-0.4, -0.2) is 61.5 Å². The number of carbonyl (C=O) groups excluding carboxylic acids is 1. The molecule has 1 amide bonds. The second kappa shape index (κ2) is 6.36. The Bertz CT molecular complexity index is 245. The van der Waals surface area contributed by atoms with Crippen molar-refractivity contribution in [2.75, 3.05) is 45.8 Å². The first-order valence-corrected chi connectivity index (χ1v) is 6.99. The SMILES string of the molecule is CC(CN1CCNCC1)C(=O)N1CCCCC1. The lowest BCUT2D eigenvalue weighted by atomic mass is 10.1. The van der Waals surface area contributed by atoms with E-state index in [0.29, 0.717) is 5.91 Å². The highest BCUT2D eigenvalue weighted by Crippen LogP contribution is 2.13. The fraction of sp³-hybridized carbons (Fsp3) is 0.923. The van der Waals surface area contributed by atoms with E-state index in [1.807, 2.05) is 0 Å². The predicted octanol–water partition coefficient (Wildman–Crippen LogP) is 0.540. The summed E-state index contributed by atoms with van der Waals surface area (Å²) in [7, 11) is 0. The molecule has 2 saturated heterocycles. The van der Waals surface area contributed by atoms with Gasteiger partial charge in [0.05, 0.1) is 0 Å². The summed E-state index contributed by atoms with van der Waals surface area (Å²) in [5.41, 5.74) is 0. The third kappa shape index (κ3) is 3.68. The number of hydrogen-bond donors (Lipinski definition) is 1. The number of amides is 1. The van der Waals surface area contributed by atoms with Gasteiger partial charge < -0.3 is 15.1 Å². The van der Waals surface area contributed by atoms with Gasteiger partial charge in [0.2, 0.25) is 5.91 Å². The van der Waals surface area contributed by atoms with Crippen LogP contribution in [0.5, 0.6) is 0 Å². The van der Waals surface area contributed by atoms with Crippen molar-refractivity contribution in [2.45, 2.75) is 26.2 Å². The molecule has 4 heteroatoms. The Hall–Kier alpha value is -0.610. The van der Waals surface area contributed by atoms with Gasteiger partial charge in [-0.25, -0.2) is 0 Å². The molecule has 0 bridgehead atoms. The lowest BCUT2D eigenvalue weighted by Gasteiger charge is -2.33. The Morgan fingerprint density at radius 1 is 1.12 bits per heavy atom. The zero-order chi connectivity index (χ0) is 12.1. The molecule has 0 saturated carbocycles. The third-order valence-corrected chi connectivity index (χ3v) is 3.83. The van der Waals surface area contributed by atoms with Crippen LogP contribution in [-0.2, 0) is 4.79 Å². The van der Waals surface area contributed by atoms with E-state index in [1.165, 1.54) is 19.3 Å². The molecule has 1 atom stereocenters. The summed E-state index contributed by atoms with van der Waals surface area (Å²) in [5, 5.41) is 3.34. The van der Waals surface area contributed by atoms with Gasteiger partial charge in [0.25, 0.3) is 0 Å². The van der Waals surface area contributed by atoms with E-state index >= 15 is 0 Å². The second-order valence-electron chi connectivity index (χ2n) is 5.34. The summed E-state index contributed by atoms with van der Waals surface area (Å²) >= 11 is 0. The molecule has 98 valence electrons. The maximum absolute atomic E-state index is 12.3. The summed E-state index contributed by atoms with van der Waals surface area (Å²) in [4.78, 5) is 16.7. The fourth-order valence-electron chi connectivity index (χ4n) is 2.79. The van der Waals surface area contributed by atoms with E-state index in [1.54, 1.807) is 0 Å².